The summed E-state index contributed by atoms with van der Waals surface area (Å²) in [7, 11) is 0. The molecule has 5 aliphatic rings. The molecule has 2 atom stereocenters. The highest BCUT2D eigenvalue weighted by atomic mass is 15.0. The molecular weight excluding hydrogens is 220 g/mol. The maximum Gasteiger partial charge on any atom is 0.0127 e. The summed E-state index contributed by atoms with van der Waals surface area (Å²) >= 11 is 0. The van der Waals surface area contributed by atoms with Gasteiger partial charge in [-0.1, -0.05) is 6.92 Å². The van der Waals surface area contributed by atoms with Crippen LogP contribution in [-0.4, -0.2) is 25.2 Å². The van der Waals surface area contributed by atoms with Crippen LogP contribution in [0, 0.1) is 29.6 Å². The van der Waals surface area contributed by atoms with Gasteiger partial charge < -0.3 is 10.6 Å². The third-order valence-electron chi connectivity index (χ3n) is 6.42. The van der Waals surface area contributed by atoms with Gasteiger partial charge in [-0.25, -0.2) is 0 Å². The van der Waals surface area contributed by atoms with Crippen LogP contribution in [-0.2, 0) is 0 Å². The minimum atomic E-state index is 0.786. The molecule has 18 heavy (non-hydrogen) atoms. The van der Waals surface area contributed by atoms with Crippen LogP contribution < -0.4 is 10.6 Å². The van der Waals surface area contributed by atoms with Crippen molar-refractivity contribution in [1.82, 2.24) is 10.6 Å². The largest absolute Gasteiger partial charge is 0.316 e. The summed E-state index contributed by atoms with van der Waals surface area (Å²) in [5, 5.41) is 7.64. The van der Waals surface area contributed by atoms with Crippen molar-refractivity contribution >= 4 is 0 Å². The van der Waals surface area contributed by atoms with Crippen LogP contribution in [0.5, 0.6) is 0 Å². The first-order valence-corrected chi connectivity index (χ1v) is 8.26. The lowest BCUT2D eigenvalue weighted by Crippen LogP contribution is -2.59. The maximum absolute atomic E-state index is 4.11. The molecule has 1 saturated heterocycles. The van der Waals surface area contributed by atoms with E-state index in [1.54, 1.807) is 32.1 Å². The molecule has 0 amide bonds. The molecule has 2 unspecified atom stereocenters. The predicted molar refractivity (Wildman–Crippen MR) is 74.4 cm³/mol. The fraction of sp³-hybridized carbons (Fsp3) is 1.00. The Labute approximate surface area is 111 Å². The van der Waals surface area contributed by atoms with E-state index in [0.29, 0.717) is 0 Å². The molecule has 2 nitrogen and oxygen atoms in total. The molecule has 0 aromatic rings. The van der Waals surface area contributed by atoms with E-state index in [1.807, 2.05) is 0 Å². The molecule has 2 N–H and O–H groups in total. The second-order valence-corrected chi connectivity index (χ2v) is 7.70. The normalized spacial score (nSPS) is 54.8. The molecule has 4 bridgehead atoms. The first-order valence-electron chi connectivity index (χ1n) is 8.26. The predicted octanol–water partition coefficient (Wildman–Crippen LogP) is 2.40. The lowest BCUT2D eigenvalue weighted by atomic mass is 9.54. The van der Waals surface area contributed by atoms with Crippen LogP contribution in [0.3, 0.4) is 0 Å². The number of hydrogen-bond donors (Lipinski definition) is 2. The van der Waals surface area contributed by atoms with Crippen molar-refractivity contribution in [3.05, 3.63) is 0 Å². The average molecular weight is 248 g/mol. The van der Waals surface area contributed by atoms with E-state index < -0.39 is 0 Å². The quantitative estimate of drug-likeness (QED) is 0.784. The van der Waals surface area contributed by atoms with Gasteiger partial charge in [0.1, 0.15) is 0 Å². The third-order valence-corrected chi connectivity index (χ3v) is 6.42. The van der Waals surface area contributed by atoms with Crippen molar-refractivity contribution in [2.24, 2.45) is 29.6 Å². The second kappa shape index (κ2) is 4.49. The van der Waals surface area contributed by atoms with Gasteiger partial charge in [-0.15, -0.1) is 0 Å². The van der Waals surface area contributed by atoms with Crippen molar-refractivity contribution in [2.45, 2.75) is 57.5 Å². The van der Waals surface area contributed by atoms with E-state index in [-0.39, 0.29) is 0 Å². The maximum atomic E-state index is 4.11. The van der Waals surface area contributed by atoms with Crippen molar-refractivity contribution in [3.63, 3.8) is 0 Å². The highest BCUT2D eigenvalue weighted by Crippen LogP contribution is 2.53. The fourth-order valence-electron chi connectivity index (χ4n) is 5.71. The molecule has 0 radical (unpaired) electrons. The summed E-state index contributed by atoms with van der Waals surface area (Å²) < 4.78 is 0. The molecular formula is C16H28N2. The van der Waals surface area contributed by atoms with Crippen LogP contribution >= 0.6 is 0 Å². The average Bonchev–Trinajstić information content (AvgIpc) is 2.35. The van der Waals surface area contributed by atoms with Crippen molar-refractivity contribution in [1.29, 1.82) is 0 Å². The summed E-state index contributed by atoms with van der Waals surface area (Å²) in [6, 6.07) is 1.66. The molecule has 5 rings (SSSR count). The molecule has 0 aromatic carbocycles. The van der Waals surface area contributed by atoms with Crippen molar-refractivity contribution in [3.8, 4) is 0 Å². The smallest absolute Gasteiger partial charge is 0.0127 e. The number of hydrogen-bond acceptors (Lipinski definition) is 2. The van der Waals surface area contributed by atoms with Gasteiger partial charge in [-0.2, -0.15) is 0 Å². The Morgan fingerprint density at radius 1 is 0.944 bits per heavy atom. The molecule has 2 heteroatoms. The summed E-state index contributed by atoms with van der Waals surface area (Å²) in [4.78, 5) is 0. The number of nitrogens with one attached hydrogen (secondary N) is 2. The van der Waals surface area contributed by atoms with E-state index in [0.717, 1.165) is 41.7 Å². The first-order chi connectivity index (χ1) is 8.79. The van der Waals surface area contributed by atoms with Gasteiger partial charge in [0.15, 0.2) is 0 Å². The second-order valence-electron chi connectivity index (χ2n) is 7.70. The van der Waals surface area contributed by atoms with Gasteiger partial charge in [-0.05, 0) is 81.2 Å². The molecule has 5 fully saturated rings. The molecule has 0 aromatic heterocycles. The summed E-state index contributed by atoms with van der Waals surface area (Å²) in [5.74, 6) is 5.09. The molecule has 0 spiro atoms. The topological polar surface area (TPSA) is 24.1 Å². The zero-order chi connectivity index (χ0) is 12.1. The Kier molecular flexibility index (Phi) is 2.92. The van der Waals surface area contributed by atoms with Crippen molar-refractivity contribution in [2.75, 3.05) is 13.1 Å². The van der Waals surface area contributed by atoms with Crippen molar-refractivity contribution < 1.29 is 0 Å². The van der Waals surface area contributed by atoms with Gasteiger partial charge in [0, 0.05) is 12.1 Å². The highest BCUT2D eigenvalue weighted by Gasteiger charge is 2.48. The Morgan fingerprint density at radius 2 is 1.61 bits per heavy atom. The van der Waals surface area contributed by atoms with Gasteiger partial charge >= 0.3 is 0 Å². The summed E-state index contributed by atoms with van der Waals surface area (Å²) in [6.45, 7) is 4.85. The zero-order valence-electron chi connectivity index (χ0n) is 11.7. The molecule has 1 heterocycles. The van der Waals surface area contributed by atoms with E-state index in [9.17, 15) is 0 Å². The van der Waals surface area contributed by atoms with E-state index in [2.05, 4.69) is 17.6 Å². The summed E-state index contributed by atoms with van der Waals surface area (Å²) in [6.07, 6.45) is 9.09. The van der Waals surface area contributed by atoms with E-state index in [4.69, 9.17) is 0 Å². The lowest BCUT2D eigenvalue weighted by molar-refractivity contribution is -0.0212. The third kappa shape index (κ3) is 1.92. The van der Waals surface area contributed by atoms with Gasteiger partial charge in [0.25, 0.3) is 0 Å². The standard InChI is InChI=1S/C16H28N2/c1-10-9-17-3-2-15(10)18-16-13-5-11-4-12(7-13)8-14(16)6-11/h10-18H,2-9H2,1H3. The molecule has 102 valence electrons. The van der Waals surface area contributed by atoms with Crippen LogP contribution in [0.2, 0.25) is 0 Å². The Bertz CT molecular complexity index is 286. The minimum absolute atomic E-state index is 0.786. The Morgan fingerprint density at radius 3 is 2.22 bits per heavy atom. The van der Waals surface area contributed by atoms with Gasteiger partial charge in [0.05, 0.1) is 0 Å². The number of piperidine rings is 1. The van der Waals surface area contributed by atoms with Crippen LogP contribution in [0.15, 0.2) is 0 Å². The van der Waals surface area contributed by atoms with Crippen LogP contribution in [0.4, 0.5) is 0 Å². The molecule has 4 aliphatic carbocycles. The lowest BCUT2D eigenvalue weighted by Gasteiger charge is -2.55. The summed E-state index contributed by atoms with van der Waals surface area (Å²) in [5.41, 5.74) is 0. The van der Waals surface area contributed by atoms with Gasteiger partial charge in [0.2, 0.25) is 0 Å². The van der Waals surface area contributed by atoms with Gasteiger partial charge in [-0.3, -0.25) is 0 Å². The highest BCUT2D eigenvalue weighted by molar-refractivity contribution is 5.02. The SMILES string of the molecule is CC1CNCCC1NC1C2CC3CC(C2)CC1C3. The van der Waals surface area contributed by atoms with Crippen LogP contribution in [0.1, 0.15) is 45.4 Å². The first kappa shape index (κ1) is 11.7. The van der Waals surface area contributed by atoms with Crippen LogP contribution in [0.25, 0.3) is 0 Å². The fourth-order valence-corrected chi connectivity index (χ4v) is 5.71. The molecule has 4 saturated carbocycles. The Balaban J connectivity index is 1.45. The molecule has 1 aliphatic heterocycles. The Hall–Kier alpha value is -0.0800. The van der Waals surface area contributed by atoms with E-state index in [1.165, 1.54) is 19.5 Å². The minimum Gasteiger partial charge on any atom is -0.316 e. The number of rotatable bonds is 2. The zero-order valence-corrected chi connectivity index (χ0v) is 11.7. The van der Waals surface area contributed by atoms with E-state index >= 15 is 0 Å². The monoisotopic (exact) mass is 248 g/mol.